The average molecular weight is 300 g/mol. The van der Waals surface area contributed by atoms with Gasteiger partial charge in [0, 0.05) is 0 Å². The number of carboxylic acids is 1. The summed E-state index contributed by atoms with van der Waals surface area (Å²) in [7, 11) is 0. The molecule has 0 amide bonds. The summed E-state index contributed by atoms with van der Waals surface area (Å²) in [6.07, 6.45) is 0. The summed E-state index contributed by atoms with van der Waals surface area (Å²) in [5.41, 5.74) is 0.161. The third-order valence-electron chi connectivity index (χ3n) is 1.74. The minimum Gasteiger partial charge on any atom is -0.478 e. The van der Waals surface area contributed by atoms with Gasteiger partial charge in [-0.2, -0.15) is 0 Å². The van der Waals surface area contributed by atoms with E-state index in [9.17, 15) is 4.79 Å². The zero-order valence-electron chi connectivity index (χ0n) is 7.75. The van der Waals surface area contributed by atoms with Gasteiger partial charge in [-0.25, -0.2) is 4.79 Å². The van der Waals surface area contributed by atoms with Gasteiger partial charge >= 0.3 is 5.97 Å². The smallest absolute Gasteiger partial charge is 0.337 e. The molecule has 0 heterocycles. The van der Waals surface area contributed by atoms with Crippen molar-refractivity contribution in [1.29, 1.82) is 0 Å². The van der Waals surface area contributed by atoms with Gasteiger partial charge in [-0.1, -0.05) is 76.7 Å². The summed E-state index contributed by atoms with van der Waals surface area (Å²) in [5.74, 6) is -1.25. The number of hydrogen-bond donors (Lipinski definition) is 1. The van der Waals surface area contributed by atoms with Crippen LogP contribution in [0.2, 0.25) is 0 Å². The third-order valence-corrected chi connectivity index (χ3v) is 3.07. The number of aliphatic carboxylic acids is 1. The molecule has 0 atom stereocenters. The Labute approximate surface area is 112 Å². The lowest BCUT2D eigenvalue weighted by Crippen LogP contribution is -2.10. The molecule has 1 aromatic carbocycles. The number of benzene rings is 1. The highest BCUT2D eigenvalue weighted by Gasteiger charge is 2.31. The van der Waals surface area contributed by atoms with Crippen molar-refractivity contribution in [3.8, 4) is 0 Å². The van der Waals surface area contributed by atoms with Crippen molar-refractivity contribution in [2.45, 2.75) is 3.79 Å². The Morgan fingerprint density at radius 2 is 1.62 bits per heavy atom. The van der Waals surface area contributed by atoms with Gasteiger partial charge in [0.05, 0.1) is 10.6 Å². The first-order chi connectivity index (χ1) is 7.34. The zero-order valence-corrected chi connectivity index (χ0v) is 10.8. The van der Waals surface area contributed by atoms with Crippen LogP contribution in [0.5, 0.6) is 0 Å². The fourth-order valence-electron chi connectivity index (χ4n) is 1.09. The number of carboxylic acid groups (broad SMARTS) is 1. The molecule has 0 aliphatic rings. The molecule has 0 saturated heterocycles. The van der Waals surface area contributed by atoms with E-state index in [4.69, 9.17) is 51.5 Å². The highest BCUT2D eigenvalue weighted by molar-refractivity contribution is 6.74. The highest BCUT2D eigenvalue weighted by atomic mass is 35.6. The van der Waals surface area contributed by atoms with Crippen LogP contribution in [0.1, 0.15) is 5.56 Å². The molecule has 0 bridgehead atoms. The Morgan fingerprint density at radius 3 is 2.00 bits per heavy atom. The molecule has 0 fully saturated rings. The van der Waals surface area contributed by atoms with E-state index in [0.717, 1.165) is 0 Å². The first-order valence-corrected chi connectivity index (χ1v) is 5.61. The largest absolute Gasteiger partial charge is 0.478 e. The van der Waals surface area contributed by atoms with Crippen LogP contribution in [0.3, 0.4) is 0 Å². The van der Waals surface area contributed by atoms with Crippen LogP contribution in [0.25, 0.3) is 5.57 Å². The number of alkyl halides is 3. The molecule has 0 aromatic heterocycles. The first-order valence-electron chi connectivity index (χ1n) is 4.09. The van der Waals surface area contributed by atoms with Crippen molar-refractivity contribution in [2.75, 3.05) is 0 Å². The van der Waals surface area contributed by atoms with Crippen LogP contribution >= 0.6 is 46.4 Å². The number of allylic oxidation sites excluding steroid dienone is 1. The minimum absolute atomic E-state index is 0.220. The fraction of sp³-hybridized carbons (Fsp3) is 0.100. The summed E-state index contributed by atoms with van der Waals surface area (Å²) in [4.78, 5) is 11.1. The van der Waals surface area contributed by atoms with E-state index in [1.54, 1.807) is 30.3 Å². The van der Waals surface area contributed by atoms with Gasteiger partial charge in [-0.15, -0.1) is 0 Å². The van der Waals surface area contributed by atoms with Gasteiger partial charge < -0.3 is 5.11 Å². The molecule has 0 radical (unpaired) electrons. The van der Waals surface area contributed by atoms with E-state index in [2.05, 4.69) is 0 Å². The molecule has 86 valence electrons. The van der Waals surface area contributed by atoms with E-state index >= 15 is 0 Å². The number of halogens is 4. The zero-order chi connectivity index (χ0) is 12.3. The molecule has 1 N–H and O–H groups in total. The lowest BCUT2D eigenvalue weighted by atomic mass is 10.1. The van der Waals surface area contributed by atoms with E-state index in [0.29, 0.717) is 5.56 Å². The van der Waals surface area contributed by atoms with Crippen LogP contribution in [0, 0.1) is 0 Å². The molecule has 0 aliphatic carbocycles. The Hall–Kier alpha value is -0.410. The Balaban J connectivity index is 3.37. The maximum Gasteiger partial charge on any atom is 0.337 e. The fourth-order valence-corrected chi connectivity index (χ4v) is 1.56. The molecule has 16 heavy (non-hydrogen) atoms. The standard InChI is InChI=1S/C10H6Cl4O2/c11-8(10(12,13)14)7(9(15)16)6-4-2-1-3-5-6/h1-5H,(H,15,16)/b8-7-. The maximum atomic E-state index is 11.1. The van der Waals surface area contributed by atoms with Crippen LogP contribution < -0.4 is 0 Å². The average Bonchev–Trinajstić information content (AvgIpc) is 2.17. The van der Waals surface area contributed by atoms with Gasteiger partial charge in [0.25, 0.3) is 0 Å². The molecule has 0 unspecified atom stereocenters. The molecule has 1 rings (SSSR count). The number of rotatable bonds is 2. The second-order valence-electron chi connectivity index (χ2n) is 2.86. The lowest BCUT2D eigenvalue weighted by molar-refractivity contribution is -0.130. The normalized spacial score (nSPS) is 13.2. The number of carbonyl (C=O) groups is 1. The molecule has 0 aliphatic heterocycles. The molecular formula is C10H6Cl4O2. The molecule has 0 saturated carbocycles. The molecule has 6 heteroatoms. The van der Waals surface area contributed by atoms with Gasteiger partial charge in [0.1, 0.15) is 0 Å². The van der Waals surface area contributed by atoms with Gasteiger partial charge in [-0.05, 0) is 5.56 Å². The van der Waals surface area contributed by atoms with Crippen molar-refractivity contribution in [3.63, 3.8) is 0 Å². The number of hydrogen-bond acceptors (Lipinski definition) is 1. The van der Waals surface area contributed by atoms with E-state index in [1.807, 2.05) is 0 Å². The predicted octanol–water partition coefficient (Wildman–Crippen LogP) is 4.09. The van der Waals surface area contributed by atoms with Crippen LogP contribution in [-0.4, -0.2) is 14.9 Å². The summed E-state index contributed by atoms with van der Waals surface area (Å²) < 4.78 is -1.95. The Kier molecular flexibility index (Phi) is 4.51. The van der Waals surface area contributed by atoms with Crippen LogP contribution in [-0.2, 0) is 4.79 Å². The Bertz CT molecular complexity index is 420. The van der Waals surface area contributed by atoms with Crippen molar-refractivity contribution in [3.05, 3.63) is 40.9 Å². The van der Waals surface area contributed by atoms with Gasteiger partial charge in [0.2, 0.25) is 3.79 Å². The van der Waals surface area contributed by atoms with E-state index in [-0.39, 0.29) is 10.6 Å². The molecular weight excluding hydrogens is 294 g/mol. The third kappa shape index (κ3) is 3.29. The molecule has 0 spiro atoms. The predicted molar refractivity (Wildman–Crippen MR) is 67.1 cm³/mol. The van der Waals surface area contributed by atoms with Crippen LogP contribution in [0.15, 0.2) is 35.4 Å². The van der Waals surface area contributed by atoms with Gasteiger partial charge in [-0.3, -0.25) is 0 Å². The highest BCUT2D eigenvalue weighted by Crippen LogP contribution is 2.41. The van der Waals surface area contributed by atoms with Crippen molar-refractivity contribution in [2.24, 2.45) is 0 Å². The van der Waals surface area contributed by atoms with Crippen LogP contribution in [0.4, 0.5) is 0 Å². The first kappa shape index (κ1) is 13.7. The quantitative estimate of drug-likeness (QED) is 0.659. The van der Waals surface area contributed by atoms with Crippen molar-refractivity contribution < 1.29 is 9.90 Å². The topological polar surface area (TPSA) is 37.3 Å². The van der Waals surface area contributed by atoms with Gasteiger partial charge in [0.15, 0.2) is 0 Å². The summed E-state index contributed by atoms with van der Waals surface area (Å²) in [6, 6.07) is 8.22. The second-order valence-corrected chi connectivity index (χ2v) is 5.52. The van der Waals surface area contributed by atoms with E-state index in [1.165, 1.54) is 0 Å². The van der Waals surface area contributed by atoms with E-state index < -0.39 is 9.76 Å². The summed E-state index contributed by atoms with van der Waals surface area (Å²) >= 11 is 22.4. The SMILES string of the molecule is O=C(O)/C(=C(\Cl)C(Cl)(Cl)Cl)c1ccccc1. The van der Waals surface area contributed by atoms with Crippen molar-refractivity contribution >= 4 is 57.9 Å². The summed E-state index contributed by atoms with van der Waals surface area (Å²) in [6.45, 7) is 0. The monoisotopic (exact) mass is 298 g/mol. The molecule has 1 aromatic rings. The minimum atomic E-state index is -1.95. The summed E-state index contributed by atoms with van der Waals surface area (Å²) in [5, 5.41) is 8.71. The lowest BCUT2D eigenvalue weighted by Gasteiger charge is -2.13. The second kappa shape index (κ2) is 5.28. The maximum absolute atomic E-state index is 11.1. The molecule has 2 nitrogen and oxygen atoms in total. The van der Waals surface area contributed by atoms with Crippen molar-refractivity contribution in [1.82, 2.24) is 0 Å². The Morgan fingerprint density at radius 1 is 1.12 bits per heavy atom.